The number of aliphatic carboxylic acids is 1. The van der Waals surface area contributed by atoms with Crippen LogP contribution in [0.15, 0.2) is 27.8 Å². The van der Waals surface area contributed by atoms with Crippen LogP contribution >= 0.6 is 11.8 Å². The van der Waals surface area contributed by atoms with Gasteiger partial charge in [0, 0.05) is 18.2 Å². The summed E-state index contributed by atoms with van der Waals surface area (Å²) in [5, 5.41) is 11.6. The lowest BCUT2D eigenvalue weighted by molar-refractivity contribution is -0.151. The van der Waals surface area contributed by atoms with Crippen molar-refractivity contribution in [3.63, 3.8) is 0 Å². The summed E-state index contributed by atoms with van der Waals surface area (Å²) in [5.74, 6) is -1.52. The third-order valence-corrected chi connectivity index (χ3v) is 5.61. The van der Waals surface area contributed by atoms with Crippen molar-refractivity contribution in [2.24, 2.45) is 5.73 Å². The third kappa shape index (κ3) is 3.90. The van der Waals surface area contributed by atoms with Gasteiger partial charge in [0.2, 0.25) is 5.91 Å². The summed E-state index contributed by atoms with van der Waals surface area (Å²) in [6.07, 6.45) is -0.0551. The number of carboxylic acids is 1. The minimum absolute atomic E-state index is 0.0551. The number of carbonyl (C=O) groups is 4. The summed E-state index contributed by atoms with van der Waals surface area (Å²) < 4.78 is 10.2. The van der Waals surface area contributed by atoms with Crippen molar-refractivity contribution in [2.75, 3.05) is 12.4 Å². The highest BCUT2D eigenvalue weighted by Gasteiger charge is 2.54. The maximum Gasteiger partial charge on any atom is 0.352 e. The zero-order valence-electron chi connectivity index (χ0n) is 15.0. The molecule has 2 aliphatic heterocycles. The molecule has 2 aliphatic rings. The number of rotatable bonds is 7. The number of ether oxygens (including phenoxy) is 1. The van der Waals surface area contributed by atoms with E-state index >= 15 is 0 Å². The second kappa shape index (κ2) is 8.07. The van der Waals surface area contributed by atoms with Crippen LogP contribution in [0.4, 0.5) is 0 Å². The number of β-lactam (4-membered cyclic amide) rings is 1. The fourth-order valence-electron chi connectivity index (χ4n) is 2.99. The Kier molecular flexibility index (Phi) is 5.75. The lowest BCUT2D eigenvalue weighted by atomic mass is 10.0. The summed E-state index contributed by atoms with van der Waals surface area (Å²) in [7, 11) is 0. The summed E-state index contributed by atoms with van der Waals surface area (Å²) in [6.45, 7) is 1.24. The van der Waals surface area contributed by atoms with Gasteiger partial charge in [0.25, 0.3) is 5.91 Å². The largest absolute Gasteiger partial charge is 0.477 e. The summed E-state index contributed by atoms with van der Waals surface area (Å²) >= 11 is 1.30. The van der Waals surface area contributed by atoms with Gasteiger partial charge in [0.05, 0.1) is 13.0 Å². The van der Waals surface area contributed by atoms with E-state index in [0.717, 1.165) is 4.90 Å². The fraction of sp³-hybridized carbons (Fsp3) is 0.412. The molecular weight excluding hydrogens is 390 g/mol. The molecule has 28 heavy (non-hydrogen) atoms. The lowest BCUT2D eigenvalue weighted by Gasteiger charge is -2.49. The molecule has 0 radical (unpaired) electrons. The minimum Gasteiger partial charge on any atom is -0.477 e. The molecule has 0 saturated carbocycles. The van der Waals surface area contributed by atoms with Crippen LogP contribution in [0.1, 0.15) is 18.4 Å². The summed E-state index contributed by atoms with van der Waals surface area (Å²) in [5.41, 5.74) is 5.60. The lowest BCUT2D eigenvalue weighted by Crippen LogP contribution is -2.70. The van der Waals surface area contributed by atoms with Gasteiger partial charge in [-0.05, 0) is 12.1 Å². The number of carbonyl (C=O) groups excluding carboxylic acids is 3. The van der Waals surface area contributed by atoms with E-state index in [2.05, 4.69) is 5.32 Å². The zero-order valence-corrected chi connectivity index (χ0v) is 15.8. The average molecular weight is 409 g/mol. The van der Waals surface area contributed by atoms with E-state index in [4.69, 9.17) is 14.9 Å². The van der Waals surface area contributed by atoms with E-state index in [-0.39, 0.29) is 31.0 Å². The van der Waals surface area contributed by atoms with Crippen molar-refractivity contribution in [3.05, 3.63) is 34.9 Å². The second-order valence-electron chi connectivity index (χ2n) is 6.24. The van der Waals surface area contributed by atoms with Crippen molar-refractivity contribution < 1.29 is 33.4 Å². The number of furan rings is 1. The van der Waals surface area contributed by atoms with E-state index in [1.807, 2.05) is 0 Å². The molecule has 0 spiro atoms. The highest BCUT2D eigenvalue weighted by molar-refractivity contribution is 8.00. The Bertz CT molecular complexity index is 863. The number of fused-ring (bicyclic) bond motifs is 1. The molecule has 1 saturated heterocycles. The Labute approximate surface area is 164 Å². The average Bonchev–Trinajstić information content (AvgIpc) is 3.10. The molecule has 150 valence electrons. The number of thioether (sulfide) groups is 1. The normalized spacial score (nSPS) is 21.1. The number of nitrogens with two attached hydrogens (primary N) is 1. The summed E-state index contributed by atoms with van der Waals surface area (Å²) in [4.78, 5) is 48.5. The van der Waals surface area contributed by atoms with Gasteiger partial charge in [-0.3, -0.25) is 19.3 Å². The third-order valence-electron chi connectivity index (χ3n) is 4.27. The molecule has 0 aromatic carbocycles. The van der Waals surface area contributed by atoms with Crippen LogP contribution in [0, 0.1) is 0 Å². The first-order valence-electron chi connectivity index (χ1n) is 8.42. The van der Waals surface area contributed by atoms with Gasteiger partial charge < -0.3 is 25.3 Å². The Morgan fingerprint density at radius 3 is 2.71 bits per heavy atom. The molecule has 11 heteroatoms. The van der Waals surface area contributed by atoms with Crippen molar-refractivity contribution in [1.29, 1.82) is 0 Å². The van der Waals surface area contributed by atoms with Crippen LogP contribution in [0.25, 0.3) is 0 Å². The number of hydrogen-bond acceptors (Lipinski definition) is 8. The molecule has 0 unspecified atom stereocenters. The van der Waals surface area contributed by atoms with E-state index in [1.165, 1.54) is 18.7 Å². The predicted octanol–water partition coefficient (Wildman–Crippen LogP) is -0.417. The molecule has 0 aliphatic carbocycles. The monoisotopic (exact) mass is 409 g/mol. The molecule has 3 heterocycles. The van der Waals surface area contributed by atoms with E-state index in [0.29, 0.717) is 17.1 Å². The predicted molar refractivity (Wildman–Crippen MR) is 96.6 cm³/mol. The van der Waals surface area contributed by atoms with Crippen LogP contribution in [0.3, 0.4) is 0 Å². The molecule has 2 atom stereocenters. The smallest absolute Gasteiger partial charge is 0.352 e. The van der Waals surface area contributed by atoms with Gasteiger partial charge in [-0.25, -0.2) is 4.79 Å². The van der Waals surface area contributed by atoms with Crippen LogP contribution in [0.5, 0.6) is 0 Å². The highest BCUT2D eigenvalue weighted by Crippen LogP contribution is 2.40. The maximum atomic E-state index is 12.5. The molecule has 0 bridgehead atoms. The number of nitrogens with zero attached hydrogens (tertiary/aromatic N) is 1. The molecule has 3 rings (SSSR count). The molecular formula is C17H19N3O7S. The van der Waals surface area contributed by atoms with Crippen molar-refractivity contribution in [1.82, 2.24) is 10.2 Å². The second-order valence-corrected chi connectivity index (χ2v) is 7.35. The molecule has 1 aromatic heterocycles. The number of hydrogen-bond donors (Lipinski definition) is 3. The highest BCUT2D eigenvalue weighted by atomic mass is 32.2. The number of carboxylic acid groups (broad SMARTS) is 1. The van der Waals surface area contributed by atoms with Gasteiger partial charge in [0.15, 0.2) is 0 Å². The Hall–Kier alpha value is -2.79. The molecule has 1 fully saturated rings. The van der Waals surface area contributed by atoms with Crippen molar-refractivity contribution >= 4 is 35.5 Å². The standard InChI is InChI=1S/C17H19N3O7S/c1-8(21)26-6-9-7-28-16-13(15(23)20(16)14(9)17(24)25)19-12(22)4-10-2-3-11(5-18)27-10/h2-3,13,16H,4-7,18H2,1H3,(H,19,22)(H,24,25)/t13-,16-/m1/s1. The van der Waals surface area contributed by atoms with Gasteiger partial charge >= 0.3 is 11.9 Å². The van der Waals surface area contributed by atoms with Crippen LogP contribution < -0.4 is 11.1 Å². The van der Waals surface area contributed by atoms with E-state index < -0.39 is 35.2 Å². The molecule has 4 N–H and O–H groups in total. The fourth-order valence-corrected chi connectivity index (χ4v) is 4.32. The van der Waals surface area contributed by atoms with Crippen LogP contribution in [-0.4, -0.2) is 57.5 Å². The summed E-state index contributed by atoms with van der Waals surface area (Å²) in [6, 6.07) is 2.48. The van der Waals surface area contributed by atoms with E-state index in [9.17, 15) is 24.3 Å². The quantitative estimate of drug-likeness (QED) is 0.403. The Morgan fingerprint density at radius 1 is 1.39 bits per heavy atom. The molecule has 2 amide bonds. The SMILES string of the molecule is CC(=O)OCC1=C(C(=O)O)N2C(=O)[C@@H](NC(=O)Cc3ccc(CN)o3)[C@H]2SC1. The van der Waals surface area contributed by atoms with Crippen LogP contribution in [-0.2, 0) is 36.9 Å². The van der Waals surface area contributed by atoms with E-state index in [1.54, 1.807) is 12.1 Å². The maximum absolute atomic E-state index is 12.5. The van der Waals surface area contributed by atoms with Gasteiger partial charge in [-0.2, -0.15) is 0 Å². The minimum atomic E-state index is -1.28. The zero-order chi connectivity index (χ0) is 20.4. The van der Waals surface area contributed by atoms with Crippen molar-refractivity contribution in [2.45, 2.75) is 31.3 Å². The Balaban J connectivity index is 1.66. The number of esters is 1. The first kappa shape index (κ1) is 20.0. The number of amides is 2. The first-order valence-corrected chi connectivity index (χ1v) is 9.47. The number of nitrogens with one attached hydrogen (secondary N) is 1. The van der Waals surface area contributed by atoms with Crippen molar-refractivity contribution in [3.8, 4) is 0 Å². The van der Waals surface area contributed by atoms with Crippen LogP contribution in [0.2, 0.25) is 0 Å². The van der Waals surface area contributed by atoms with Gasteiger partial charge in [0.1, 0.15) is 35.2 Å². The topological polar surface area (TPSA) is 152 Å². The first-order chi connectivity index (χ1) is 13.3. The molecule has 10 nitrogen and oxygen atoms in total. The van der Waals surface area contributed by atoms with Gasteiger partial charge in [-0.15, -0.1) is 11.8 Å². The van der Waals surface area contributed by atoms with Gasteiger partial charge in [-0.1, -0.05) is 0 Å². The Morgan fingerprint density at radius 2 is 2.11 bits per heavy atom. The molecule has 1 aromatic rings.